The standard InChI is InChI=1S/C12H18BrN3O/c1-3-8-11(13)9(16(2)15-8)6-10(17)12(7-14)4-5-12/h3-7,14H2,1-2H3. The van der Waals surface area contributed by atoms with Gasteiger partial charge in [0.15, 0.2) is 0 Å². The molecule has 0 saturated heterocycles. The molecule has 5 heteroatoms. The van der Waals surface area contributed by atoms with Gasteiger partial charge in [0.05, 0.1) is 22.3 Å². The molecule has 0 amide bonds. The maximum absolute atomic E-state index is 12.2. The number of hydrogen-bond donors (Lipinski definition) is 1. The van der Waals surface area contributed by atoms with Gasteiger partial charge >= 0.3 is 0 Å². The molecule has 1 aliphatic rings. The molecular formula is C12H18BrN3O. The van der Waals surface area contributed by atoms with E-state index in [0.717, 1.165) is 35.1 Å². The summed E-state index contributed by atoms with van der Waals surface area (Å²) in [7, 11) is 1.88. The van der Waals surface area contributed by atoms with Gasteiger partial charge in [-0.3, -0.25) is 9.48 Å². The summed E-state index contributed by atoms with van der Waals surface area (Å²) in [5, 5.41) is 4.40. The summed E-state index contributed by atoms with van der Waals surface area (Å²) in [4.78, 5) is 12.2. The lowest BCUT2D eigenvalue weighted by Gasteiger charge is -2.11. The average Bonchev–Trinajstić information content (AvgIpc) is 3.07. The molecule has 1 fully saturated rings. The van der Waals surface area contributed by atoms with Crippen molar-refractivity contribution in [2.24, 2.45) is 18.2 Å². The summed E-state index contributed by atoms with van der Waals surface area (Å²) in [5.41, 5.74) is 7.42. The lowest BCUT2D eigenvalue weighted by Crippen LogP contribution is -2.27. The van der Waals surface area contributed by atoms with E-state index in [4.69, 9.17) is 5.73 Å². The quantitative estimate of drug-likeness (QED) is 0.898. The van der Waals surface area contributed by atoms with E-state index >= 15 is 0 Å². The highest BCUT2D eigenvalue weighted by Crippen LogP contribution is 2.46. The van der Waals surface area contributed by atoms with Crippen LogP contribution in [0, 0.1) is 5.41 Å². The smallest absolute Gasteiger partial charge is 0.146 e. The fourth-order valence-electron chi connectivity index (χ4n) is 2.10. The summed E-state index contributed by atoms with van der Waals surface area (Å²) in [6.45, 7) is 2.53. The van der Waals surface area contributed by atoms with Gasteiger partial charge in [-0.05, 0) is 35.2 Å². The van der Waals surface area contributed by atoms with Crippen LogP contribution in [0.3, 0.4) is 0 Å². The SMILES string of the molecule is CCc1nn(C)c(CC(=O)C2(CN)CC2)c1Br. The molecule has 94 valence electrons. The Morgan fingerprint density at radius 2 is 2.24 bits per heavy atom. The maximum Gasteiger partial charge on any atom is 0.146 e. The van der Waals surface area contributed by atoms with E-state index in [1.165, 1.54) is 0 Å². The molecule has 0 unspecified atom stereocenters. The van der Waals surface area contributed by atoms with Crippen LogP contribution >= 0.6 is 15.9 Å². The first-order valence-corrected chi connectivity index (χ1v) is 6.77. The average molecular weight is 300 g/mol. The Kier molecular flexibility index (Phi) is 3.41. The number of aryl methyl sites for hydroxylation is 2. The van der Waals surface area contributed by atoms with Crippen molar-refractivity contribution in [1.29, 1.82) is 0 Å². The van der Waals surface area contributed by atoms with E-state index in [0.29, 0.717) is 13.0 Å². The van der Waals surface area contributed by atoms with Crippen LogP contribution in [0.1, 0.15) is 31.2 Å². The van der Waals surface area contributed by atoms with Gasteiger partial charge in [-0.25, -0.2) is 0 Å². The second-order valence-corrected chi connectivity index (χ2v) is 5.56. The minimum Gasteiger partial charge on any atom is -0.329 e. The van der Waals surface area contributed by atoms with Crippen molar-refractivity contribution >= 4 is 21.7 Å². The number of nitrogens with two attached hydrogens (primary N) is 1. The van der Waals surface area contributed by atoms with Crippen LogP contribution in [0.5, 0.6) is 0 Å². The zero-order valence-corrected chi connectivity index (χ0v) is 11.9. The number of carbonyl (C=O) groups is 1. The third kappa shape index (κ3) is 2.18. The van der Waals surface area contributed by atoms with Gasteiger partial charge in [-0.1, -0.05) is 6.92 Å². The number of nitrogens with zero attached hydrogens (tertiary/aromatic N) is 2. The molecule has 0 radical (unpaired) electrons. The Balaban J connectivity index is 2.19. The van der Waals surface area contributed by atoms with Crippen LogP contribution in [0.4, 0.5) is 0 Å². The zero-order valence-electron chi connectivity index (χ0n) is 10.3. The van der Waals surface area contributed by atoms with Crippen molar-refractivity contribution in [3.05, 3.63) is 15.9 Å². The number of carbonyl (C=O) groups excluding carboxylic acids is 1. The lowest BCUT2D eigenvalue weighted by atomic mass is 9.97. The molecule has 0 spiro atoms. The van der Waals surface area contributed by atoms with Crippen molar-refractivity contribution in [3.63, 3.8) is 0 Å². The summed E-state index contributed by atoms with van der Waals surface area (Å²) in [6.07, 6.45) is 3.18. The molecule has 4 nitrogen and oxygen atoms in total. The number of halogens is 1. The summed E-state index contributed by atoms with van der Waals surface area (Å²) in [5.74, 6) is 0.256. The Labute approximate surface area is 110 Å². The molecule has 0 aliphatic heterocycles. The van der Waals surface area contributed by atoms with Gasteiger partial charge in [0.2, 0.25) is 0 Å². The zero-order chi connectivity index (χ0) is 12.6. The first-order valence-electron chi connectivity index (χ1n) is 5.97. The highest BCUT2D eigenvalue weighted by Gasteiger charge is 2.48. The van der Waals surface area contributed by atoms with Crippen LogP contribution in [0.25, 0.3) is 0 Å². The Bertz CT molecular complexity index is 449. The Hall–Kier alpha value is -0.680. The predicted octanol–water partition coefficient (Wildman–Crippen LogP) is 1.60. The topological polar surface area (TPSA) is 60.9 Å². The van der Waals surface area contributed by atoms with Gasteiger partial charge in [-0.15, -0.1) is 0 Å². The van der Waals surface area contributed by atoms with Crippen molar-refractivity contribution < 1.29 is 4.79 Å². The number of hydrogen-bond acceptors (Lipinski definition) is 3. The molecule has 1 saturated carbocycles. The number of ketones is 1. The van der Waals surface area contributed by atoms with Gasteiger partial charge in [0.25, 0.3) is 0 Å². The third-order valence-corrected chi connectivity index (χ3v) is 4.58. The number of aromatic nitrogens is 2. The van der Waals surface area contributed by atoms with Crippen molar-refractivity contribution in [2.75, 3.05) is 6.54 Å². The van der Waals surface area contributed by atoms with E-state index in [2.05, 4.69) is 28.0 Å². The van der Waals surface area contributed by atoms with E-state index in [9.17, 15) is 4.79 Å². The molecule has 17 heavy (non-hydrogen) atoms. The van der Waals surface area contributed by atoms with Crippen molar-refractivity contribution in [2.45, 2.75) is 32.6 Å². The van der Waals surface area contributed by atoms with Crippen molar-refractivity contribution in [1.82, 2.24) is 9.78 Å². The van der Waals surface area contributed by atoms with Crippen LogP contribution in [0.2, 0.25) is 0 Å². The van der Waals surface area contributed by atoms with E-state index < -0.39 is 0 Å². The first kappa shape index (κ1) is 12.8. The van der Waals surface area contributed by atoms with Crippen LogP contribution in [-0.2, 0) is 24.7 Å². The Morgan fingerprint density at radius 3 is 2.65 bits per heavy atom. The lowest BCUT2D eigenvalue weighted by molar-refractivity contribution is -0.123. The van der Waals surface area contributed by atoms with Gasteiger partial charge in [0, 0.05) is 19.0 Å². The van der Waals surface area contributed by atoms with E-state index in [1.54, 1.807) is 4.68 Å². The normalized spacial score (nSPS) is 17.2. The molecule has 1 aromatic heterocycles. The highest BCUT2D eigenvalue weighted by molar-refractivity contribution is 9.10. The second kappa shape index (κ2) is 4.53. The van der Waals surface area contributed by atoms with E-state index in [-0.39, 0.29) is 11.2 Å². The largest absolute Gasteiger partial charge is 0.329 e. The molecule has 0 atom stereocenters. The molecule has 1 heterocycles. The Morgan fingerprint density at radius 1 is 1.59 bits per heavy atom. The van der Waals surface area contributed by atoms with Crippen molar-refractivity contribution in [3.8, 4) is 0 Å². The minimum atomic E-state index is -0.226. The first-order chi connectivity index (χ1) is 8.04. The fourth-order valence-corrected chi connectivity index (χ4v) is 2.86. The van der Waals surface area contributed by atoms with Gasteiger partial charge in [-0.2, -0.15) is 5.10 Å². The molecule has 1 aliphatic carbocycles. The summed E-state index contributed by atoms with van der Waals surface area (Å²) in [6, 6.07) is 0. The monoisotopic (exact) mass is 299 g/mol. The van der Waals surface area contributed by atoms with Gasteiger partial charge < -0.3 is 5.73 Å². The van der Waals surface area contributed by atoms with Crippen LogP contribution in [-0.4, -0.2) is 22.1 Å². The molecule has 2 rings (SSSR count). The molecule has 2 N–H and O–H groups in total. The maximum atomic E-state index is 12.2. The molecule has 0 bridgehead atoms. The van der Waals surface area contributed by atoms with Crippen LogP contribution < -0.4 is 5.73 Å². The predicted molar refractivity (Wildman–Crippen MR) is 69.7 cm³/mol. The molecule has 0 aromatic carbocycles. The van der Waals surface area contributed by atoms with Gasteiger partial charge in [0.1, 0.15) is 5.78 Å². The number of rotatable bonds is 5. The summed E-state index contributed by atoms with van der Waals surface area (Å²) < 4.78 is 2.77. The molecule has 1 aromatic rings. The van der Waals surface area contributed by atoms with Crippen LogP contribution in [0.15, 0.2) is 4.47 Å². The summed E-state index contributed by atoms with van der Waals surface area (Å²) >= 11 is 3.53. The fraction of sp³-hybridized carbons (Fsp3) is 0.667. The van der Waals surface area contributed by atoms with E-state index in [1.807, 2.05) is 7.05 Å². The highest BCUT2D eigenvalue weighted by atomic mass is 79.9. The molecular weight excluding hydrogens is 282 g/mol. The second-order valence-electron chi connectivity index (χ2n) is 4.77. The third-order valence-electron chi connectivity index (χ3n) is 3.67. The number of Topliss-reactive ketones (excluding diaryl/α,β-unsaturated/α-hetero) is 1. The minimum absolute atomic E-state index is 0.226.